The van der Waals surface area contributed by atoms with Gasteiger partial charge in [-0.15, -0.1) is 0 Å². The van der Waals surface area contributed by atoms with Gasteiger partial charge in [0, 0.05) is 38.3 Å². The topological polar surface area (TPSA) is 118 Å². The second-order valence-electron chi connectivity index (χ2n) is 8.17. The lowest BCUT2D eigenvalue weighted by atomic mass is 10.1. The summed E-state index contributed by atoms with van der Waals surface area (Å²) in [7, 11) is 0. The molecule has 0 saturated carbocycles. The van der Waals surface area contributed by atoms with Gasteiger partial charge in [-0.3, -0.25) is 9.59 Å². The summed E-state index contributed by atoms with van der Waals surface area (Å²) >= 11 is 12.0. The largest absolute Gasteiger partial charge is 0.478 e. The van der Waals surface area contributed by atoms with Gasteiger partial charge in [-0.1, -0.05) is 35.8 Å². The van der Waals surface area contributed by atoms with Crippen LogP contribution in [0.1, 0.15) is 18.4 Å². The number of piperazine rings is 1. The number of rotatable bonds is 7. The van der Waals surface area contributed by atoms with Gasteiger partial charge in [0.1, 0.15) is 0 Å². The van der Waals surface area contributed by atoms with Crippen molar-refractivity contribution in [2.24, 2.45) is 0 Å². The molecule has 0 radical (unpaired) electrons. The van der Waals surface area contributed by atoms with Crippen LogP contribution in [0.2, 0.25) is 10.0 Å². The van der Waals surface area contributed by atoms with Crippen molar-refractivity contribution in [2.45, 2.75) is 25.3 Å². The standard InChI is InChI=1S/C20H25Cl2N3O2.C4H4O4/c1-2-19(26)24-9-10-25(16(14-24)13-23-7-3-4-8-23)20(27)12-15-5-6-17(21)18(22)11-15;5-3(6)1-2-4(7)8/h2,5-6,11,16H,1,3-4,7-10,12-14H2;1-2H,(H,5,6)(H,7,8)/b;2-1+. The van der Waals surface area contributed by atoms with Crippen LogP contribution < -0.4 is 0 Å². The Bertz CT molecular complexity index is 962. The molecule has 1 aromatic rings. The van der Waals surface area contributed by atoms with Crippen molar-refractivity contribution in [2.75, 3.05) is 39.3 Å². The maximum Gasteiger partial charge on any atom is 0.328 e. The summed E-state index contributed by atoms with van der Waals surface area (Å²) < 4.78 is 0. The van der Waals surface area contributed by atoms with E-state index in [0.717, 1.165) is 25.2 Å². The Morgan fingerprint density at radius 3 is 2.14 bits per heavy atom. The van der Waals surface area contributed by atoms with Gasteiger partial charge in [0.2, 0.25) is 11.8 Å². The quantitative estimate of drug-likeness (QED) is 0.525. The molecule has 35 heavy (non-hydrogen) atoms. The number of aliphatic carboxylic acids is 2. The van der Waals surface area contributed by atoms with Crippen molar-refractivity contribution in [3.05, 3.63) is 58.6 Å². The molecule has 3 rings (SSSR count). The van der Waals surface area contributed by atoms with E-state index in [1.807, 2.05) is 11.0 Å². The summed E-state index contributed by atoms with van der Waals surface area (Å²) in [4.78, 5) is 50.3. The molecule has 0 aromatic heterocycles. The number of hydrogen-bond donors (Lipinski definition) is 2. The van der Waals surface area contributed by atoms with E-state index in [0.29, 0.717) is 41.8 Å². The Labute approximate surface area is 214 Å². The van der Waals surface area contributed by atoms with Crippen LogP contribution in [0, 0.1) is 0 Å². The van der Waals surface area contributed by atoms with E-state index >= 15 is 0 Å². The van der Waals surface area contributed by atoms with Crippen molar-refractivity contribution >= 4 is 47.0 Å². The van der Waals surface area contributed by atoms with Crippen molar-refractivity contribution in [3.8, 4) is 0 Å². The SMILES string of the molecule is C=CC(=O)N1CCN(C(=O)Cc2ccc(Cl)c(Cl)c2)C(CN2CCCC2)C1.O=C(O)/C=C/C(=O)O. The lowest BCUT2D eigenvalue weighted by molar-refractivity contribution is -0.140. The fourth-order valence-electron chi connectivity index (χ4n) is 4.00. The van der Waals surface area contributed by atoms with Crippen molar-refractivity contribution in [1.82, 2.24) is 14.7 Å². The molecule has 2 aliphatic rings. The molecule has 0 bridgehead atoms. The van der Waals surface area contributed by atoms with Crippen LogP contribution in [0.4, 0.5) is 0 Å². The number of carbonyl (C=O) groups is 4. The molecular weight excluding hydrogens is 497 g/mol. The number of hydrogen-bond acceptors (Lipinski definition) is 5. The molecule has 2 aliphatic heterocycles. The zero-order valence-electron chi connectivity index (χ0n) is 19.2. The summed E-state index contributed by atoms with van der Waals surface area (Å²) in [5, 5.41) is 16.6. The van der Waals surface area contributed by atoms with Gasteiger partial charge in [0.15, 0.2) is 0 Å². The predicted molar refractivity (Wildman–Crippen MR) is 133 cm³/mol. The minimum absolute atomic E-state index is 0.00368. The third-order valence-electron chi connectivity index (χ3n) is 5.66. The van der Waals surface area contributed by atoms with Crippen molar-refractivity contribution < 1.29 is 29.4 Å². The van der Waals surface area contributed by atoms with Crippen LogP contribution in [0.25, 0.3) is 0 Å². The second kappa shape index (κ2) is 13.9. The Hall–Kier alpha value is -2.88. The minimum atomic E-state index is -1.26. The fraction of sp³-hybridized carbons (Fsp3) is 0.417. The highest BCUT2D eigenvalue weighted by Crippen LogP contribution is 2.24. The van der Waals surface area contributed by atoms with Crippen LogP contribution in [0.3, 0.4) is 0 Å². The molecule has 1 aromatic carbocycles. The van der Waals surface area contributed by atoms with E-state index in [1.165, 1.54) is 18.9 Å². The van der Waals surface area contributed by atoms with Gasteiger partial charge < -0.3 is 24.9 Å². The van der Waals surface area contributed by atoms with Gasteiger partial charge >= 0.3 is 11.9 Å². The highest BCUT2D eigenvalue weighted by molar-refractivity contribution is 6.42. The molecule has 0 spiro atoms. The molecule has 1 unspecified atom stereocenters. The monoisotopic (exact) mass is 525 g/mol. The third kappa shape index (κ3) is 9.35. The molecule has 11 heteroatoms. The molecule has 2 fully saturated rings. The van der Waals surface area contributed by atoms with Gasteiger partial charge in [-0.2, -0.15) is 0 Å². The molecule has 190 valence electrons. The van der Waals surface area contributed by atoms with E-state index in [9.17, 15) is 19.2 Å². The highest BCUT2D eigenvalue weighted by Gasteiger charge is 2.33. The number of carboxylic acids is 2. The number of nitrogens with zero attached hydrogens (tertiary/aromatic N) is 3. The number of likely N-dealkylation sites (tertiary alicyclic amines) is 1. The lowest BCUT2D eigenvalue weighted by Crippen LogP contribution is -2.59. The zero-order valence-corrected chi connectivity index (χ0v) is 20.7. The lowest BCUT2D eigenvalue weighted by Gasteiger charge is -2.42. The molecule has 2 saturated heterocycles. The van der Waals surface area contributed by atoms with Crippen LogP contribution in [-0.2, 0) is 25.6 Å². The van der Waals surface area contributed by atoms with Gasteiger partial charge in [-0.05, 0) is 49.7 Å². The molecule has 1 atom stereocenters. The van der Waals surface area contributed by atoms with E-state index in [2.05, 4.69) is 11.5 Å². The minimum Gasteiger partial charge on any atom is -0.478 e. The van der Waals surface area contributed by atoms with Crippen LogP contribution in [0.15, 0.2) is 43.0 Å². The Morgan fingerprint density at radius 1 is 0.971 bits per heavy atom. The summed E-state index contributed by atoms with van der Waals surface area (Å²) in [6.45, 7) is 8.12. The summed E-state index contributed by atoms with van der Waals surface area (Å²) in [5.74, 6) is -2.53. The first-order valence-electron chi connectivity index (χ1n) is 11.1. The Morgan fingerprint density at radius 2 is 1.60 bits per heavy atom. The van der Waals surface area contributed by atoms with Crippen LogP contribution in [0.5, 0.6) is 0 Å². The summed E-state index contributed by atoms with van der Waals surface area (Å²) in [6, 6.07) is 5.29. The van der Waals surface area contributed by atoms with E-state index in [4.69, 9.17) is 33.4 Å². The third-order valence-corrected chi connectivity index (χ3v) is 6.40. The maximum absolute atomic E-state index is 13.0. The first-order valence-corrected chi connectivity index (χ1v) is 11.9. The van der Waals surface area contributed by atoms with Crippen LogP contribution >= 0.6 is 23.2 Å². The van der Waals surface area contributed by atoms with Gasteiger partial charge in [0.05, 0.1) is 22.5 Å². The molecule has 9 nitrogen and oxygen atoms in total. The summed E-state index contributed by atoms with van der Waals surface area (Å²) in [6.07, 6.45) is 5.13. The zero-order chi connectivity index (χ0) is 26.0. The Balaban J connectivity index is 0.000000466. The highest BCUT2D eigenvalue weighted by atomic mass is 35.5. The average molecular weight is 526 g/mol. The normalized spacial score (nSPS) is 18.2. The Kier molecular flexibility index (Phi) is 11.2. The van der Waals surface area contributed by atoms with Gasteiger partial charge in [-0.25, -0.2) is 9.59 Å². The van der Waals surface area contributed by atoms with E-state index in [-0.39, 0.29) is 24.3 Å². The number of carbonyl (C=O) groups excluding carboxylic acids is 2. The number of halogens is 2. The summed E-state index contributed by atoms with van der Waals surface area (Å²) in [5.41, 5.74) is 0.846. The van der Waals surface area contributed by atoms with Gasteiger partial charge in [0.25, 0.3) is 0 Å². The molecule has 2 N–H and O–H groups in total. The number of carboxylic acid groups (broad SMARTS) is 2. The van der Waals surface area contributed by atoms with Crippen LogP contribution in [-0.4, -0.2) is 94.0 Å². The predicted octanol–water partition coefficient (Wildman–Crippen LogP) is 2.57. The van der Waals surface area contributed by atoms with E-state index in [1.54, 1.807) is 17.0 Å². The van der Waals surface area contributed by atoms with Crippen molar-refractivity contribution in [1.29, 1.82) is 0 Å². The average Bonchev–Trinajstić information content (AvgIpc) is 3.33. The van der Waals surface area contributed by atoms with Crippen molar-refractivity contribution in [3.63, 3.8) is 0 Å². The molecule has 2 heterocycles. The van der Waals surface area contributed by atoms with E-state index < -0.39 is 11.9 Å². The smallest absolute Gasteiger partial charge is 0.328 e. The maximum atomic E-state index is 13.0. The molecule has 0 aliphatic carbocycles. The molecular formula is C24H29Cl2N3O6. The second-order valence-corrected chi connectivity index (χ2v) is 8.99. The molecule has 2 amide bonds. The number of benzene rings is 1. The number of amides is 2. The fourth-order valence-corrected chi connectivity index (χ4v) is 4.32. The first-order chi connectivity index (χ1) is 16.6. The first kappa shape index (κ1) is 28.4.